The van der Waals surface area contributed by atoms with Crippen LogP contribution in [0.2, 0.25) is 0 Å². The van der Waals surface area contributed by atoms with Crippen molar-refractivity contribution in [3.8, 4) is 5.75 Å². The Bertz CT molecular complexity index is 1450. The van der Waals surface area contributed by atoms with Crippen LogP contribution in [0, 0.1) is 17.5 Å². The molecular formula is C26H15F9NO3-. The third-order valence-corrected chi connectivity index (χ3v) is 6.00. The molecule has 0 bridgehead atoms. The fourth-order valence-corrected chi connectivity index (χ4v) is 4.20. The van der Waals surface area contributed by atoms with Crippen molar-refractivity contribution in [3.63, 3.8) is 0 Å². The van der Waals surface area contributed by atoms with E-state index in [1.807, 2.05) is 0 Å². The molecule has 1 aliphatic carbocycles. The van der Waals surface area contributed by atoms with Crippen LogP contribution in [-0.2, 0) is 19.0 Å². The van der Waals surface area contributed by atoms with Crippen molar-refractivity contribution in [2.24, 2.45) is 0 Å². The van der Waals surface area contributed by atoms with Gasteiger partial charge in [-0.2, -0.15) is 26.3 Å². The number of allylic oxidation sites excluding steroid dienone is 2. The Balaban J connectivity index is 1.86. The molecule has 13 heteroatoms. The molecule has 0 N–H and O–H groups in total. The van der Waals surface area contributed by atoms with Gasteiger partial charge in [-0.25, -0.2) is 18.2 Å². The second-order valence-electron chi connectivity index (χ2n) is 8.57. The fourth-order valence-electron chi connectivity index (χ4n) is 4.20. The lowest BCUT2D eigenvalue weighted by Crippen LogP contribution is -2.25. The lowest BCUT2D eigenvalue weighted by molar-refractivity contribution is -0.255. The molecule has 0 radical (unpaired) electrons. The summed E-state index contributed by atoms with van der Waals surface area (Å²) in [6.07, 6.45) is -9.45. The first kappa shape index (κ1) is 28.0. The quantitative estimate of drug-likeness (QED) is 0.320. The molecule has 0 amide bonds. The maximum absolute atomic E-state index is 14.1. The Labute approximate surface area is 214 Å². The summed E-state index contributed by atoms with van der Waals surface area (Å²) < 4.78 is 128. The smallest absolute Gasteiger partial charge is 0.416 e. The Kier molecular flexibility index (Phi) is 7.37. The van der Waals surface area contributed by atoms with Crippen LogP contribution in [0.1, 0.15) is 57.7 Å². The Morgan fingerprint density at radius 2 is 1.46 bits per heavy atom. The van der Waals surface area contributed by atoms with Crippen molar-refractivity contribution < 1.29 is 54.2 Å². The second-order valence-corrected chi connectivity index (χ2v) is 8.57. The van der Waals surface area contributed by atoms with Gasteiger partial charge in [0.05, 0.1) is 34.0 Å². The summed E-state index contributed by atoms with van der Waals surface area (Å²) in [7, 11) is 0. The van der Waals surface area contributed by atoms with Gasteiger partial charge in [0.2, 0.25) is 0 Å². The van der Waals surface area contributed by atoms with Crippen molar-refractivity contribution in [1.29, 1.82) is 0 Å². The van der Waals surface area contributed by atoms with E-state index in [0.717, 1.165) is 6.07 Å². The standard InChI is InChI=1S/C26H16F9NO3/c27-14-9-19(28)18(20(29)10-14)11-39-23-5-4-12(25(30,31)32)6-17(23)15-2-1-3-16(15)21-7-13(26(33,34)35)8-22(36-21)24(37)38/h4-10H,1-3,11H2,(H,37,38)/p-1. The number of aromatic carboxylic acids is 1. The molecule has 3 aromatic rings. The number of carboxylic acids is 1. The zero-order valence-corrected chi connectivity index (χ0v) is 19.4. The average Bonchev–Trinajstić information content (AvgIpc) is 3.32. The average molecular weight is 560 g/mol. The topological polar surface area (TPSA) is 62.2 Å². The minimum absolute atomic E-state index is 0.0342. The molecule has 0 aliphatic heterocycles. The number of rotatable bonds is 6. The molecule has 1 aromatic heterocycles. The number of hydrogen-bond donors (Lipinski definition) is 0. The minimum Gasteiger partial charge on any atom is -0.543 e. The van der Waals surface area contributed by atoms with E-state index in [2.05, 4.69) is 4.98 Å². The van der Waals surface area contributed by atoms with Gasteiger partial charge < -0.3 is 14.6 Å². The first-order valence-corrected chi connectivity index (χ1v) is 11.2. The van der Waals surface area contributed by atoms with Crippen LogP contribution in [0.25, 0.3) is 11.1 Å². The number of carbonyl (C=O) groups excluding carboxylic acids is 1. The number of aromatic nitrogens is 1. The Morgan fingerprint density at radius 1 is 0.846 bits per heavy atom. The van der Waals surface area contributed by atoms with Gasteiger partial charge in [0.25, 0.3) is 0 Å². The van der Waals surface area contributed by atoms with E-state index in [1.165, 1.54) is 0 Å². The summed E-state index contributed by atoms with van der Waals surface area (Å²) in [4.78, 5) is 15.0. The number of hydrogen-bond acceptors (Lipinski definition) is 4. The van der Waals surface area contributed by atoms with Crippen molar-refractivity contribution in [2.45, 2.75) is 38.2 Å². The predicted molar refractivity (Wildman–Crippen MR) is 116 cm³/mol. The molecule has 4 nitrogen and oxygen atoms in total. The van der Waals surface area contributed by atoms with Crippen LogP contribution >= 0.6 is 0 Å². The van der Waals surface area contributed by atoms with Gasteiger partial charge in [0.1, 0.15) is 29.8 Å². The maximum atomic E-state index is 14.1. The van der Waals surface area contributed by atoms with Gasteiger partial charge >= 0.3 is 12.4 Å². The number of benzene rings is 2. The van der Waals surface area contributed by atoms with Crippen LogP contribution in [0.5, 0.6) is 5.75 Å². The van der Waals surface area contributed by atoms with E-state index < -0.39 is 70.5 Å². The van der Waals surface area contributed by atoms with Crippen LogP contribution in [0.4, 0.5) is 39.5 Å². The zero-order valence-electron chi connectivity index (χ0n) is 19.4. The van der Waals surface area contributed by atoms with Gasteiger partial charge in [-0.15, -0.1) is 0 Å². The lowest BCUT2D eigenvalue weighted by Gasteiger charge is -2.18. The molecule has 0 fully saturated rings. The Morgan fingerprint density at radius 3 is 2.05 bits per heavy atom. The van der Waals surface area contributed by atoms with Gasteiger partial charge in [-0.3, -0.25) is 0 Å². The van der Waals surface area contributed by atoms with Crippen molar-refractivity contribution in [1.82, 2.24) is 4.98 Å². The van der Waals surface area contributed by atoms with E-state index in [0.29, 0.717) is 30.3 Å². The highest BCUT2D eigenvalue weighted by atomic mass is 19.4. The van der Waals surface area contributed by atoms with Crippen molar-refractivity contribution >= 4 is 17.1 Å². The van der Waals surface area contributed by atoms with Gasteiger partial charge in [-0.1, -0.05) is 0 Å². The van der Waals surface area contributed by atoms with Crippen LogP contribution in [0.15, 0.2) is 42.5 Å². The van der Waals surface area contributed by atoms with Crippen molar-refractivity contribution in [2.75, 3.05) is 0 Å². The number of carboxylic acid groups (broad SMARTS) is 1. The monoisotopic (exact) mass is 560 g/mol. The summed E-state index contributed by atoms with van der Waals surface area (Å²) in [6, 6.07) is 3.82. The third-order valence-electron chi connectivity index (χ3n) is 6.00. The molecule has 1 heterocycles. The summed E-state index contributed by atoms with van der Waals surface area (Å²) in [6.45, 7) is -0.852. The summed E-state index contributed by atoms with van der Waals surface area (Å²) in [5, 5.41) is 11.3. The van der Waals surface area contributed by atoms with Crippen LogP contribution in [0.3, 0.4) is 0 Å². The van der Waals surface area contributed by atoms with E-state index >= 15 is 0 Å². The van der Waals surface area contributed by atoms with E-state index in [1.54, 1.807) is 0 Å². The fraction of sp³-hybridized carbons (Fsp3) is 0.231. The lowest BCUT2D eigenvalue weighted by atomic mass is 9.96. The summed E-state index contributed by atoms with van der Waals surface area (Å²) in [5.74, 6) is -6.09. The number of pyridine rings is 1. The van der Waals surface area contributed by atoms with E-state index in [-0.39, 0.29) is 47.8 Å². The van der Waals surface area contributed by atoms with Crippen molar-refractivity contribution in [3.05, 3.63) is 93.6 Å². The molecule has 0 saturated carbocycles. The van der Waals surface area contributed by atoms with Crippen LogP contribution < -0.4 is 9.84 Å². The summed E-state index contributed by atoms with van der Waals surface area (Å²) >= 11 is 0. The minimum atomic E-state index is -4.96. The molecular weight excluding hydrogens is 545 g/mol. The molecule has 0 atom stereocenters. The van der Waals surface area contributed by atoms with Gasteiger partial charge in [0.15, 0.2) is 0 Å². The molecule has 39 heavy (non-hydrogen) atoms. The molecule has 2 aromatic carbocycles. The number of ether oxygens (including phenoxy) is 1. The van der Waals surface area contributed by atoms with Gasteiger partial charge in [-0.05, 0) is 60.7 Å². The highest BCUT2D eigenvalue weighted by Crippen LogP contribution is 2.45. The first-order chi connectivity index (χ1) is 18.1. The number of halogens is 9. The van der Waals surface area contributed by atoms with Crippen LogP contribution in [-0.4, -0.2) is 11.0 Å². The predicted octanol–water partition coefficient (Wildman–Crippen LogP) is 6.57. The normalized spacial score (nSPS) is 14.2. The zero-order chi connectivity index (χ0) is 28.7. The van der Waals surface area contributed by atoms with Gasteiger partial charge in [0, 0.05) is 17.7 Å². The molecule has 0 unspecified atom stereocenters. The number of nitrogens with zero attached hydrogens (tertiary/aromatic N) is 1. The first-order valence-electron chi connectivity index (χ1n) is 11.2. The largest absolute Gasteiger partial charge is 0.543 e. The SMILES string of the molecule is O=C([O-])c1cc(C(F)(F)F)cc(C2=C(c3cc(C(F)(F)F)ccc3OCc3c(F)cc(F)cc3F)CCC2)n1. The Hall–Kier alpha value is -4.03. The molecule has 206 valence electrons. The van der Waals surface area contributed by atoms with E-state index in [4.69, 9.17) is 4.74 Å². The molecule has 4 rings (SSSR count). The molecule has 0 saturated heterocycles. The highest BCUT2D eigenvalue weighted by molar-refractivity contribution is 5.94. The van der Waals surface area contributed by atoms with E-state index in [9.17, 15) is 49.4 Å². The third kappa shape index (κ3) is 6.02. The molecule has 0 spiro atoms. The highest BCUT2D eigenvalue weighted by Gasteiger charge is 2.34. The number of carbonyl (C=O) groups is 1. The maximum Gasteiger partial charge on any atom is 0.416 e. The summed E-state index contributed by atoms with van der Waals surface area (Å²) in [5.41, 5.74) is -4.80. The second kappa shape index (κ2) is 10.3. The molecule has 1 aliphatic rings. The number of alkyl halides is 6.